The molecule has 0 spiro atoms. The van der Waals surface area contributed by atoms with E-state index < -0.39 is 24.3 Å². The molecule has 8 heteroatoms. The van der Waals surface area contributed by atoms with Crippen molar-refractivity contribution in [2.75, 3.05) is 25.6 Å². The van der Waals surface area contributed by atoms with Crippen LogP contribution >= 0.6 is 0 Å². The smallest absolute Gasteiger partial charge is 0.349 e. The Balaban J connectivity index is 2.02. The number of anilines is 1. The Bertz CT molecular complexity index is 956. The van der Waals surface area contributed by atoms with Gasteiger partial charge in [0.2, 0.25) is 0 Å². The molecule has 7 nitrogen and oxygen atoms in total. The first-order valence-electron chi connectivity index (χ1n) is 8.85. The topological polar surface area (TPSA) is 93.3 Å². The van der Waals surface area contributed by atoms with Crippen LogP contribution in [0.2, 0.25) is 0 Å². The van der Waals surface area contributed by atoms with Gasteiger partial charge >= 0.3 is 5.97 Å². The molecular weight excluding hydrogens is 377 g/mol. The van der Waals surface area contributed by atoms with E-state index in [2.05, 4.69) is 5.32 Å². The number of nitrogens with zero attached hydrogens (tertiary/aromatic N) is 2. The van der Waals surface area contributed by atoms with Gasteiger partial charge in [-0.2, -0.15) is 5.26 Å². The maximum absolute atomic E-state index is 12.9. The molecule has 1 N–H and O–H groups in total. The highest BCUT2D eigenvalue weighted by Gasteiger charge is 2.15. The zero-order valence-electron chi connectivity index (χ0n) is 16.5. The number of hydrogen-bond donors (Lipinski definition) is 1. The third-order valence-corrected chi connectivity index (χ3v) is 4.23. The number of carbonyl (C=O) groups excluding carboxylic acids is 2. The summed E-state index contributed by atoms with van der Waals surface area (Å²) in [6.07, 6.45) is 1.44. The lowest BCUT2D eigenvalue weighted by molar-refractivity contribution is -0.142. The number of nitrogens with one attached hydrogen (secondary N) is 1. The van der Waals surface area contributed by atoms with E-state index in [0.29, 0.717) is 24.4 Å². The van der Waals surface area contributed by atoms with E-state index in [1.807, 2.05) is 30.6 Å². The van der Waals surface area contributed by atoms with Gasteiger partial charge in [-0.05, 0) is 55.8 Å². The second-order valence-corrected chi connectivity index (χ2v) is 6.27. The van der Waals surface area contributed by atoms with Gasteiger partial charge < -0.3 is 19.4 Å². The lowest BCUT2D eigenvalue weighted by atomic mass is 10.1. The van der Waals surface area contributed by atoms with Crippen molar-refractivity contribution in [2.45, 2.75) is 20.4 Å². The number of ether oxygens (including phenoxy) is 2. The zero-order chi connectivity index (χ0) is 21.4. The summed E-state index contributed by atoms with van der Waals surface area (Å²) in [5.74, 6) is -1.93. The highest BCUT2D eigenvalue weighted by Crippen LogP contribution is 2.18. The summed E-state index contributed by atoms with van der Waals surface area (Å²) >= 11 is 0. The first kappa shape index (κ1) is 21.9. The van der Waals surface area contributed by atoms with Crippen LogP contribution in [0.3, 0.4) is 0 Å². The highest BCUT2D eigenvalue weighted by molar-refractivity contribution is 6.00. The first-order chi connectivity index (χ1) is 13.8. The van der Waals surface area contributed by atoms with Gasteiger partial charge in [-0.1, -0.05) is 0 Å². The third-order valence-electron chi connectivity index (χ3n) is 4.23. The molecule has 0 radical (unpaired) electrons. The Kier molecular flexibility index (Phi) is 7.69. The van der Waals surface area contributed by atoms with Gasteiger partial charge in [-0.15, -0.1) is 0 Å². The number of rotatable bonds is 8. The fraction of sp³-hybridized carbons (Fsp3) is 0.286. The number of hydrogen-bond acceptors (Lipinski definition) is 5. The van der Waals surface area contributed by atoms with Crippen molar-refractivity contribution in [3.8, 4) is 6.07 Å². The number of aromatic nitrogens is 1. The first-order valence-corrected chi connectivity index (χ1v) is 8.85. The monoisotopic (exact) mass is 399 g/mol. The minimum atomic E-state index is -0.900. The Morgan fingerprint density at radius 2 is 1.97 bits per heavy atom. The second kappa shape index (κ2) is 10.2. The maximum atomic E-state index is 12.9. The average Bonchev–Trinajstić information content (AvgIpc) is 2.97. The van der Waals surface area contributed by atoms with Crippen molar-refractivity contribution in [3.05, 3.63) is 58.7 Å². The van der Waals surface area contributed by atoms with E-state index >= 15 is 0 Å². The molecule has 152 valence electrons. The Morgan fingerprint density at radius 1 is 1.28 bits per heavy atom. The standard InChI is InChI=1S/C21H22FN3O4/c1-14-10-16(15(2)25(14)8-9-28-3)11-17(12-23)21(27)29-13-20(26)24-19-6-4-18(22)5-7-19/h4-7,10-11H,8-9,13H2,1-3H3,(H,24,26)/b17-11+. The second-order valence-electron chi connectivity index (χ2n) is 6.27. The normalized spacial score (nSPS) is 11.1. The highest BCUT2D eigenvalue weighted by atomic mass is 19.1. The summed E-state index contributed by atoms with van der Waals surface area (Å²) in [5, 5.41) is 11.8. The Morgan fingerprint density at radius 3 is 2.59 bits per heavy atom. The van der Waals surface area contributed by atoms with Gasteiger partial charge in [0.15, 0.2) is 6.61 Å². The lowest BCUT2D eigenvalue weighted by Crippen LogP contribution is -2.21. The van der Waals surface area contributed by atoms with E-state index in [9.17, 15) is 19.2 Å². The molecule has 0 aliphatic rings. The summed E-state index contributed by atoms with van der Waals surface area (Å²) in [5.41, 5.74) is 2.71. The SMILES string of the molecule is COCCn1c(C)cc(/C=C(\C#N)C(=O)OCC(=O)Nc2ccc(F)cc2)c1C. The van der Waals surface area contributed by atoms with Crippen LogP contribution in [-0.4, -0.2) is 36.8 Å². The average molecular weight is 399 g/mol. The molecule has 0 saturated heterocycles. The van der Waals surface area contributed by atoms with E-state index in [1.165, 1.54) is 30.3 Å². The van der Waals surface area contributed by atoms with Gasteiger partial charge in [-0.3, -0.25) is 4.79 Å². The fourth-order valence-corrected chi connectivity index (χ4v) is 2.73. The summed E-state index contributed by atoms with van der Waals surface area (Å²) in [7, 11) is 1.62. The number of benzene rings is 1. The van der Waals surface area contributed by atoms with Crippen LogP contribution in [0, 0.1) is 31.0 Å². The number of nitriles is 1. The van der Waals surface area contributed by atoms with Crippen molar-refractivity contribution in [1.82, 2.24) is 4.57 Å². The van der Waals surface area contributed by atoms with Crippen LogP contribution in [0.1, 0.15) is 17.0 Å². The molecule has 0 fully saturated rings. The molecule has 0 bridgehead atoms. The van der Waals surface area contributed by atoms with E-state index in [-0.39, 0.29) is 5.57 Å². The van der Waals surface area contributed by atoms with Crippen molar-refractivity contribution < 1.29 is 23.5 Å². The molecule has 1 amide bonds. The van der Waals surface area contributed by atoms with Crippen LogP contribution in [0.4, 0.5) is 10.1 Å². The van der Waals surface area contributed by atoms with Gasteiger partial charge in [0.05, 0.1) is 6.61 Å². The quantitative estimate of drug-likeness (QED) is 0.418. The summed E-state index contributed by atoms with van der Waals surface area (Å²) < 4.78 is 24.9. The van der Waals surface area contributed by atoms with E-state index in [0.717, 1.165) is 11.4 Å². The molecule has 2 aromatic rings. The largest absolute Gasteiger partial charge is 0.451 e. The van der Waals surface area contributed by atoms with Gasteiger partial charge in [0.1, 0.15) is 17.5 Å². The number of amides is 1. The maximum Gasteiger partial charge on any atom is 0.349 e. The predicted molar refractivity (Wildman–Crippen MR) is 105 cm³/mol. The number of carbonyl (C=O) groups is 2. The predicted octanol–water partition coefficient (Wildman–Crippen LogP) is 2.98. The summed E-state index contributed by atoms with van der Waals surface area (Å²) in [6.45, 7) is 4.42. The van der Waals surface area contributed by atoms with Crippen LogP contribution in [0.5, 0.6) is 0 Å². The van der Waals surface area contributed by atoms with Crippen LogP contribution in [0.25, 0.3) is 6.08 Å². The van der Waals surface area contributed by atoms with Crippen molar-refractivity contribution in [3.63, 3.8) is 0 Å². The molecule has 0 aliphatic carbocycles. The molecule has 1 heterocycles. The summed E-state index contributed by atoms with van der Waals surface area (Å²) in [4.78, 5) is 24.1. The van der Waals surface area contributed by atoms with Crippen LogP contribution in [0.15, 0.2) is 35.9 Å². The van der Waals surface area contributed by atoms with E-state index in [4.69, 9.17) is 9.47 Å². The van der Waals surface area contributed by atoms with Crippen LogP contribution < -0.4 is 5.32 Å². The molecule has 0 aliphatic heterocycles. The summed E-state index contributed by atoms with van der Waals surface area (Å²) in [6, 6.07) is 8.83. The number of esters is 1. The van der Waals surface area contributed by atoms with Gasteiger partial charge in [0.25, 0.3) is 5.91 Å². The molecule has 1 aromatic heterocycles. The zero-order valence-corrected chi connectivity index (χ0v) is 16.5. The molecule has 0 unspecified atom stereocenters. The molecule has 0 saturated carbocycles. The molecule has 2 rings (SSSR count). The number of aryl methyl sites for hydroxylation is 1. The fourth-order valence-electron chi connectivity index (χ4n) is 2.73. The number of methoxy groups -OCH3 is 1. The van der Waals surface area contributed by atoms with Crippen molar-refractivity contribution in [1.29, 1.82) is 5.26 Å². The van der Waals surface area contributed by atoms with Gasteiger partial charge in [-0.25, -0.2) is 9.18 Å². The molecular formula is C21H22FN3O4. The van der Waals surface area contributed by atoms with Gasteiger partial charge in [0, 0.05) is 30.7 Å². The van der Waals surface area contributed by atoms with Crippen LogP contribution in [-0.2, 0) is 25.6 Å². The Hall–Kier alpha value is -3.44. The molecule has 29 heavy (non-hydrogen) atoms. The van der Waals surface area contributed by atoms with Crippen molar-refractivity contribution in [2.24, 2.45) is 0 Å². The van der Waals surface area contributed by atoms with Crippen molar-refractivity contribution >= 4 is 23.6 Å². The molecule has 1 aromatic carbocycles. The van der Waals surface area contributed by atoms with E-state index in [1.54, 1.807) is 7.11 Å². The third kappa shape index (κ3) is 6.02. The lowest BCUT2D eigenvalue weighted by Gasteiger charge is -2.08. The number of halogens is 1. The Labute approximate surface area is 168 Å². The molecule has 0 atom stereocenters. The minimum Gasteiger partial charge on any atom is -0.451 e. The minimum absolute atomic E-state index is 0.216.